The Morgan fingerprint density at radius 1 is 0.946 bits per heavy atom. The predicted molar refractivity (Wildman–Crippen MR) is 152 cm³/mol. The second-order valence-corrected chi connectivity index (χ2v) is 9.56. The van der Waals surface area contributed by atoms with Crippen molar-refractivity contribution in [3.8, 4) is 5.75 Å². The van der Waals surface area contributed by atoms with Gasteiger partial charge < -0.3 is 14.6 Å². The summed E-state index contributed by atoms with van der Waals surface area (Å²) in [5.41, 5.74) is 4.43. The summed E-state index contributed by atoms with van der Waals surface area (Å²) in [7, 11) is 0. The van der Waals surface area contributed by atoms with Gasteiger partial charge in [-0.25, -0.2) is 4.98 Å². The Morgan fingerprint density at radius 2 is 1.70 bits per heavy atom. The summed E-state index contributed by atoms with van der Waals surface area (Å²) in [4.78, 5) is 17.0. The Labute approximate surface area is 220 Å². The molecule has 0 unspecified atom stereocenters. The molecular weight excluding hydrogens is 458 g/mol. The number of nitrogens with one attached hydrogen (secondary N) is 1. The number of amides is 1. The average Bonchev–Trinajstić information content (AvgIpc) is 3.27. The standard InChI is InChI=1S/C32H37N3O2/c1-25(2)27-15-8-11-18-30(27)37-24-23-35-29-17-10-9-16-28(29)34-31(35)19-7-4-12-22-33-32(36)21-20-26-13-5-3-6-14-26/h3,5-6,8-11,13-18,20-21,25H,4,7,12,19,22-24H2,1-2H3,(H,33,36)/b21-20+. The van der Waals surface area contributed by atoms with Crippen LogP contribution < -0.4 is 10.1 Å². The molecule has 0 spiro atoms. The van der Waals surface area contributed by atoms with Crippen molar-refractivity contribution in [2.45, 2.75) is 52.0 Å². The van der Waals surface area contributed by atoms with E-state index in [9.17, 15) is 4.79 Å². The van der Waals surface area contributed by atoms with Gasteiger partial charge in [-0.1, -0.05) is 80.9 Å². The second kappa shape index (κ2) is 13.4. The van der Waals surface area contributed by atoms with Crippen LogP contribution in [0, 0.1) is 0 Å². The Hall–Kier alpha value is -3.86. The van der Waals surface area contributed by atoms with E-state index in [1.807, 2.05) is 48.5 Å². The van der Waals surface area contributed by atoms with E-state index in [1.165, 1.54) is 5.56 Å². The third kappa shape index (κ3) is 7.56. The van der Waals surface area contributed by atoms with E-state index in [0.29, 0.717) is 19.1 Å². The van der Waals surface area contributed by atoms with Crippen LogP contribution in [-0.2, 0) is 17.8 Å². The minimum absolute atomic E-state index is 0.0512. The molecule has 4 rings (SSSR count). The average molecular weight is 496 g/mol. The third-order valence-corrected chi connectivity index (χ3v) is 6.45. The summed E-state index contributed by atoms with van der Waals surface area (Å²) < 4.78 is 8.50. The first kappa shape index (κ1) is 26.2. The molecule has 0 radical (unpaired) electrons. The highest BCUT2D eigenvalue weighted by molar-refractivity contribution is 5.91. The molecule has 0 atom stereocenters. The lowest BCUT2D eigenvalue weighted by Gasteiger charge is -2.15. The van der Waals surface area contributed by atoms with Crippen molar-refractivity contribution in [2.24, 2.45) is 0 Å². The van der Waals surface area contributed by atoms with Gasteiger partial charge in [0.2, 0.25) is 5.91 Å². The molecule has 0 bridgehead atoms. The van der Waals surface area contributed by atoms with Crippen LogP contribution in [0.4, 0.5) is 0 Å². The number of imidazole rings is 1. The Bertz CT molecular complexity index is 1310. The number of hydrogen-bond donors (Lipinski definition) is 1. The number of rotatable bonds is 13. The molecule has 5 heteroatoms. The SMILES string of the molecule is CC(C)c1ccccc1OCCn1c(CCCCCNC(=O)/C=C/c2ccccc2)nc2ccccc21. The van der Waals surface area contributed by atoms with Gasteiger partial charge in [0.15, 0.2) is 0 Å². The first-order valence-electron chi connectivity index (χ1n) is 13.3. The van der Waals surface area contributed by atoms with Crippen LogP contribution in [0.5, 0.6) is 5.75 Å². The molecular formula is C32H37N3O2. The zero-order valence-corrected chi connectivity index (χ0v) is 21.9. The van der Waals surface area contributed by atoms with Gasteiger partial charge in [0.25, 0.3) is 0 Å². The molecule has 0 aliphatic heterocycles. The topological polar surface area (TPSA) is 56.1 Å². The Kier molecular flexibility index (Phi) is 9.53. The summed E-state index contributed by atoms with van der Waals surface area (Å²) >= 11 is 0. The van der Waals surface area contributed by atoms with Crippen LogP contribution >= 0.6 is 0 Å². The molecule has 37 heavy (non-hydrogen) atoms. The predicted octanol–water partition coefficient (Wildman–Crippen LogP) is 6.78. The van der Waals surface area contributed by atoms with Gasteiger partial charge in [-0.15, -0.1) is 0 Å². The van der Waals surface area contributed by atoms with Crippen molar-refractivity contribution in [3.05, 3.63) is 102 Å². The maximum Gasteiger partial charge on any atom is 0.243 e. The molecule has 1 aromatic heterocycles. The van der Waals surface area contributed by atoms with Gasteiger partial charge in [0.1, 0.15) is 18.2 Å². The number of benzene rings is 3. The molecule has 5 nitrogen and oxygen atoms in total. The lowest BCUT2D eigenvalue weighted by molar-refractivity contribution is -0.116. The van der Waals surface area contributed by atoms with Gasteiger partial charge in [-0.05, 0) is 54.2 Å². The van der Waals surface area contributed by atoms with E-state index < -0.39 is 0 Å². The van der Waals surface area contributed by atoms with Crippen molar-refractivity contribution in [1.82, 2.24) is 14.9 Å². The van der Waals surface area contributed by atoms with Crippen LogP contribution in [0.25, 0.3) is 17.1 Å². The number of ether oxygens (including phenoxy) is 1. The molecule has 0 aliphatic carbocycles. The molecule has 1 N–H and O–H groups in total. The molecule has 3 aromatic carbocycles. The Balaban J connectivity index is 1.26. The number of aromatic nitrogens is 2. The molecule has 192 valence electrons. The molecule has 1 heterocycles. The van der Waals surface area contributed by atoms with Crippen LogP contribution in [0.15, 0.2) is 84.9 Å². The fourth-order valence-electron chi connectivity index (χ4n) is 4.49. The molecule has 1 amide bonds. The maximum atomic E-state index is 12.1. The Morgan fingerprint density at radius 3 is 2.54 bits per heavy atom. The van der Waals surface area contributed by atoms with E-state index in [0.717, 1.165) is 60.4 Å². The highest BCUT2D eigenvalue weighted by Gasteiger charge is 2.12. The summed E-state index contributed by atoms with van der Waals surface area (Å²) in [5, 5.41) is 2.98. The summed E-state index contributed by atoms with van der Waals surface area (Å²) in [5.74, 6) is 2.43. The zero-order valence-electron chi connectivity index (χ0n) is 21.9. The molecule has 0 aliphatic rings. The first-order chi connectivity index (χ1) is 18.1. The minimum atomic E-state index is -0.0512. The second-order valence-electron chi connectivity index (χ2n) is 9.56. The van der Waals surface area contributed by atoms with E-state index in [-0.39, 0.29) is 5.91 Å². The summed E-state index contributed by atoms with van der Waals surface area (Å²) in [6.45, 7) is 6.41. The van der Waals surface area contributed by atoms with Crippen LogP contribution in [-0.4, -0.2) is 28.6 Å². The normalized spacial score (nSPS) is 11.4. The number of carbonyl (C=O) groups is 1. The first-order valence-corrected chi connectivity index (χ1v) is 13.3. The minimum Gasteiger partial charge on any atom is -0.491 e. The summed E-state index contributed by atoms with van der Waals surface area (Å²) in [6, 6.07) is 26.4. The third-order valence-electron chi connectivity index (χ3n) is 6.45. The zero-order chi connectivity index (χ0) is 25.9. The van der Waals surface area contributed by atoms with Gasteiger partial charge in [-0.2, -0.15) is 0 Å². The number of hydrogen-bond acceptors (Lipinski definition) is 3. The van der Waals surface area contributed by atoms with Crippen molar-refractivity contribution < 1.29 is 9.53 Å². The quantitative estimate of drug-likeness (QED) is 0.164. The van der Waals surface area contributed by atoms with Crippen molar-refractivity contribution >= 4 is 23.0 Å². The number of para-hydroxylation sites is 3. The number of fused-ring (bicyclic) bond motifs is 1. The fourth-order valence-corrected chi connectivity index (χ4v) is 4.49. The number of aryl methyl sites for hydroxylation is 1. The number of carbonyl (C=O) groups excluding carboxylic acids is 1. The summed E-state index contributed by atoms with van der Waals surface area (Å²) in [6.07, 6.45) is 7.34. The monoisotopic (exact) mass is 495 g/mol. The van der Waals surface area contributed by atoms with Gasteiger partial charge >= 0.3 is 0 Å². The lowest BCUT2D eigenvalue weighted by Crippen LogP contribution is -2.22. The highest BCUT2D eigenvalue weighted by atomic mass is 16.5. The molecule has 0 saturated heterocycles. The van der Waals surface area contributed by atoms with Crippen molar-refractivity contribution in [1.29, 1.82) is 0 Å². The van der Waals surface area contributed by atoms with E-state index in [2.05, 4.69) is 60.1 Å². The molecule has 0 fully saturated rings. The lowest BCUT2D eigenvalue weighted by atomic mass is 10.0. The van der Waals surface area contributed by atoms with E-state index in [4.69, 9.17) is 9.72 Å². The fraction of sp³-hybridized carbons (Fsp3) is 0.312. The van der Waals surface area contributed by atoms with Crippen molar-refractivity contribution in [2.75, 3.05) is 13.2 Å². The smallest absolute Gasteiger partial charge is 0.243 e. The highest BCUT2D eigenvalue weighted by Crippen LogP contribution is 2.26. The number of unbranched alkanes of at least 4 members (excludes halogenated alkanes) is 2. The largest absolute Gasteiger partial charge is 0.491 e. The number of nitrogens with zero attached hydrogens (tertiary/aromatic N) is 2. The van der Waals surface area contributed by atoms with E-state index >= 15 is 0 Å². The van der Waals surface area contributed by atoms with Gasteiger partial charge in [-0.3, -0.25) is 4.79 Å². The van der Waals surface area contributed by atoms with Crippen molar-refractivity contribution in [3.63, 3.8) is 0 Å². The van der Waals surface area contributed by atoms with E-state index in [1.54, 1.807) is 6.08 Å². The van der Waals surface area contributed by atoms with Crippen LogP contribution in [0.2, 0.25) is 0 Å². The van der Waals surface area contributed by atoms with Gasteiger partial charge in [0.05, 0.1) is 17.6 Å². The molecule has 4 aromatic rings. The molecule has 0 saturated carbocycles. The van der Waals surface area contributed by atoms with Crippen LogP contribution in [0.3, 0.4) is 0 Å². The van der Waals surface area contributed by atoms with Gasteiger partial charge in [0, 0.05) is 19.0 Å². The maximum absolute atomic E-state index is 12.1. The van der Waals surface area contributed by atoms with Crippen LogP contribution in [0.1, 0.15) is 56.0 Å².